The molecule has 2 heterocycles. The zero-order valence-corrected chi connectivity index (χ0v) is 20.8. The molecule has 4 aromatic rings. The second-order valence-electron chi connectivity index (χ2n) is 9.40. The van der Waals surface area contributed by atoms with E-state index < -0.39 is 0 Å². The van der Waals surface area contributed by atoms with E-state index in [2.05, 4.69) is 22.8 Å². The highest BCUT2D eigenvalue weighted by atomic mass is 16.5. The average Bonchev–Trinajstić information content (AvgIpc) is 3.29. The Kier molecular flexibility index (Phi) is 7.50. The van der Waals surface area contributed by atoms with Crippen LogP contribution in [0.1, 0.15) is 30.7 Å². The molecule has 1 amide bonds. The summed E-state index contributed by atoms with van der Waals surface area (Å²) in [6.07, 6.45) is 3.30. The van der Waals surface area contributed by atoms with Crippen LogP contribution in [0.15, 0.2) is 78.9 Å². The number of amides is 1. The first kappa shape index (κ1) is 23.9. The summed E-state index contributed by atoms with van der Waals surface area (Å²) in [6.45, 7) is 2.95. The van der Waals surface area contributed by atoms with E-state index in [-0.39, 0.29) is 5.91 Å². The predicted octanol–water partition coefficient (Wildman–Crippen LogP) is 5.50. The van der Waals surface area contributed by atoms with Gasteiger partial charge in [0.15, 0.2) is 0 Å². The van der Waals surface area contributed by atoms with Gasteiger partial charge in [-0.25, -0.2) is 4.98 Å². The van der Waals surface area contributed by atoms with E-state index in [9.17, 15) is 4.79 Å². The van der Waals surface area contributed by atoms with E-state index in [0.29, 0.717) is 18.9 Å². The molecule has 6 nitrogen and oxygen atoms in total. The first-order valence-corrected chi connectivity index (χ1v) is 12.7. The van der Waals surface area contributed by atoms with Gasteiger partial charge >= 0.3 is 0 Å². The number of hydrogen-bond donors (Lipinski definition) is 0. The molecule has 0 saturated carbocycles. The van der Waals surface area contributed by atoms with Crippen LogP contribution in [0.4, 0.5) is 0 Å². The molecular formula is C30H33N3O3. The Morgan fingerprint density at radius 3 is 2.39 bits per heavy atom. The summed E-state index contributed by atoms with van der Waals surface area (Å²) in [5.41, 5.74) is 3.30. The van der Waals surface area contributed by atoms with Crippen LogP contribution in [0.25, 0.3) is 11.0 Å². The summed E-state index contributed by atoms with van der Waals surface area (Å²) in [6, 6.07) is 26.1. The van der Waals surface area contributed by atoms with Crippen LogP contribution in [0.3, 0.4) is 0 Å². The molecular weight excluding hydrogens is 450 g/mol. The van der Waals surface area contributed by atoms with E-state index in [1.54, 1.807) is 7.11 Å². The number of fused-ring (bicyclic) bond motifs is 1. The number of likely N-dealkylation sites (tertiary alicyclic amines) is 1. The van der Waals surface area contributed by atoms with Gasteiger partial charge in [0.05, 0.1) is 18.1 Å². The lowest BCUT2D eigenvalue weighted by molar-refractivity contribution is -0.132. The summed E-state index contributed by atoms with van der Waals surface area (Å²) in [5.74, 6) is 3.38. The lowest BCUT2D eigenvalue weighted by Gasteiger charge is -2.32. The van der Waals surface area contributed by atoms with Crippen molar-refractivity contribution in [1.29, 1.82) is 0 Å². The minimum atomic E-state index is 0.245. The van der Waals surface area contributed by atoms with E-state index in [1.165, 1.54) is 0 Å². The van der Waals surface area contributed by atoms with Crippen molar-refractivity contribution in [2.45, 2.75) is 38.8 Å². The number of ether oxygens (including phenoxy) is 2. The van der Waals surface area contributed by atoms with Crippen molar-refractivity contribution in [1.82, 2.24) is 14.5 Å². The van der Waals surface area contributed by atoms with Gasteiger partial charge in [-0.15, -0.1) is 0 Å². The summed E-state index contributed by atoms with van der Waals surface area (Å²) in [7, 11) is 1.66. The first-order chi connectivity index (χ1) is 17.7. The predicted molar refractivity (Wildman–Crippen MR) is 141 cm³/mol. The number of hydrogen-bond acceptors (Lipinski definition) is 4. The SMILES string of the molecule is COc1ccc(CCC(=O)N2CCC(Cn3c(COc4ccccc4)nc4ccccc43)CC2)cc1. The average molecular weight is 484 g/mol. The molecule has 5 rings (SSSR count). The van der Waals surface area contributed by atoms with Gasteiger partial charge in [0, 0.05) is 26.1 Å². The Balaban J connectivity index is 1.17. The van der Waals surface area contributed by atoms with Gasteiger partial charge in [0.1, 0.15) is 23.9 Å². The number of piperidine rings is 1. The van der Waals surface area contributed by atoms with Gasteiger partial charge in [-0.3, -0.25) is 4.79 Å². The standard InChI is InChI=1S/C30H33N3O3/c1-35-25-14-11-23(12-15-25)13-16-30(34)32-19-17-24(18-20-32)21-33-28-10-6-5-9-27(28)31-29(33)22-36-26-7-3-2-4-8-26/h2-12,14-15,24H,13,16-22H2,1H3. The van der Waals surface area contributed by atoms with E-state index in [4.69, 9.17) is 14.5 Å². The number of rotatable bonds is 9. The van der Waals surface area contributed by atoms with Gasteiger partial charge in [-0.2, -0.15) is 0 Å². The van der Waals surface area contributed by atoms with Gasteiger partial charge in [-0.05, 0) is 67.1 Å². The molecule has 0 spiro atoms. The molecule has 0 unspecified atom stereocenters. The highest BCUT2D eigenvalue weighted by Crippen LogP contribution is 2.25. The van der Waals surface area contributed by atoms with Crippen LogP contribution in [-0.4, -0.2) is 40.6 Å². The molecule has 0 atom stereocenters. The fourth-order valence-electron chi connectivity index (χ4n) is 4.93. The van der Waals surface area contributed by atoms with Crippen molar-refractivity contribution in [2.24, 2.45) is 5.92 Å². The first-order valence-electron chi connectivity index (χ1n) is 12.7. The second kappa shape index (κ2) is 11.3. The molecule has 1 aliphatic heterocycles. The van der Waals surface area contributed by atoms with E-state index >= 15 is 0 Å². The van der Waals surface area contributed by atoms with Crippen LogP contribution < -0.4 is 9.47 Å². The second-order valence-corrected chi connectivity index (χ2v) is 9.40. The van der Waals surface area contributed by atoms with Gasteiger partial charge in [0.25, 0.3) is 0 Å². The lowest BCUT2D eigenvalue weighted by Crippen LogP contribution is -2.39. The summed E-state index contributed by atoms with van der Waals surface area (Å²) >= 11 is 0. The topological polar surface area (TPSA) is 56.6 Å². The summed E-state index contributed by atoms with van der Waals surface area (Å²) < 4.78 is 13.6. The molecule has 1 aromatic heterocycles. The van der Waals surface area contributed by atoms with Crippen molar-refractivity contribution < 1.29 is 14.3 Å². The number of nitrogens with zero attached hydrogens (tertiary/aromatic N) is 3. The molecule has 186 valence electrons. The van der Waals surface area contributed by atoms with Crippen molar-refractivity contribution in [3.63, 3.8) is 0 Å². The third-order valence-corrected chi connectivity index (χ3v) is 7.04. The van der Waals surface area contributed by atoms with Crippen molar-refractivity contribution in [2.75, 3.05) is 20.2 Å². The molecule has 1 aliphatic rings. The van der Waals surface area contributed by atoms with Crippen LogP contribution in [-0.2, 0) is 24.4 Å². The van der Waals surface area contributed by atoms with Gasteiger partial charge in [-0.1, -0.05) is 42.5 Å². The number of para-hydroxylation sites is 3. The number of imidazole rings is 1. The molecule has 0 bridgehead atoms. The minimum absolute atomic E-state index is 0.245. The molecule has 3 aromatic carbocycles. The molecule has 36 heavy (non-hydrogen) atoms. The molecule has 0 aliphatic carbocycles. The third kappa shape index (κ3) is 5.70. The zero-order chi connectivity index (χ0) is 24.7. The number of carbonyl (C=O) groups excluding carboxylic acids is 1. The van der Waals surface area contributed by atoms with E-state index in [0.717, 1.165) is 72.8 Å². The van der Waals surface area contributed by atoms with Crippen LogP contribution in [0.5, 0.6) is 11.5 Å². The Hall–Kier alpha value is -3.80. The van der Waals surface area contributed by atoms with Crippen LogP contribution in [0, 0.1) is 5.92 Å². The third-order valence-electron chi connectivity index (χ3n) is 7.04. The molecule has 0 N–H and O–H groups in total. The van der Waals surface area contributed by atoms with Gasteiger partial charge in [0.2, 0.25) is 5.91 Å². The number of benzene rings is 3. The molecule has 6 heteroatoms. The fourth-order valence-corrected chi connectivity index (χ4v) is 4.93. The Bertz CT molecular complexity index is 1280. The lowest BCUT2D eigenvalue weighted by atomic mass is 9.96. The maximum atomic E-state index is 12.8. The molecule has 1 saturated heterocycles. The van der Waals surface area contributed by atoms with Crippen molar-refractivity contribution in [3.05, 3.63) is 90.3 Å². The van der Waals surface area contributed by atoms with Crippen LogP contribution >= 0.6 is 0 Å². The maximum Gasteiger partial charge on any atom is 0.222 e. The number of aromatic nitrogens is 2. The summed E-state index contributed by atoms with van der Waals surface area (Å²) in [5, 5.41) is 0. The van der Waals surface area contributed by atoms with Crippen LogP contribution in [0.2, 0.25) is 0 Å². The molecule has 0 radical (unpaired) electrons. The zero-order valence-electron chi connectivity index (χ0n) is 20.8. The monoisotopic (exact) mass is 483 g/mol. The van der Waals surface area contributed by atoms with Crippen molar-refractivity contribution in [3.8, 4) is 11.5 Å². The fraction of sp³-hybridized carbons (Fsp3) is 0.333. The Labute approximate surface area is 212 Å². The quantitative estimate of drug-likeness (QED) is 0.316. The molecule has 1 fully saturated rings. The van der Waals surface area contributed by atoms with Crippen molar-refractivity contribution >= 4 is 16.9 Å². The number of methoxy groups -OCH3 is 1. The smallest absolute Gasteiger partial charge is 0.222 e. The Morgan fingerprint density at radius 2 is 1.64 bits per heavy atom. The largest absolute Gasteiger partial charge is 0.497 e. The normalized spacial score (nSPS) is 14.2. The van der Waals surface area contributed by atoms with Gasteiger partial charge < -0.3 is 18.9 Å². The van der Waals surface area contributed by atoms with E-state index in [1.807, 2.05) is 65.6 Å². The number of carbonyl (C=O) groups is 1. The maximum absolute atomic E-state index is 12.8. The minimum Gasteiger partial charge on any atom is -0.497 e. The summed E-state index contributed by atoms with van der Waals surface area (Å²) in [4.78, 5) is 19.7. The Morgan fingerprint density at radius 1 is 0.917 bits per heavy atom. The number of aryl methyl sites for hydroxylation is 1. The highest BCUT2D eigenvalue weighted by molar-refractivity contribution is 5.77. The highest BCUT2D eigenvalue weighted by Gasteiger charge is 2.24.